The van der Waals surface area contributed by atoms with Crippen LogP contribution in [0.25, 0.3) is 0 Å². The van der Waals surface area contributed by atoms with E-state index in [1.807, 2.05) is 13.0 Å². The van der Waals surface area contributed by atoms with Gasteiger partial charge in [0.15, 0.2) is 0 Å². The number of carbonyl (C=O) groups excluding carboxylic acids is 2. The average Bonchev–Trinajstić information content (AvgIpc) is 2.41. The lowest BCUT2D eigenvalue weighted by Gasteiger charge is -2.08. The molecule has 0 fully saturated rings. The summed E-state index contributed by atoms with van der Waals surface area (Å²) in [6.07, 6.45) is 0. The molecule has 0 bridgehead atoms. The number of rotatable bonds is 4. The lowest BCUT2D eigenvalue weighted by molar-refractivity contribution is -0.118. The van der Waals surface area contributed by atoms with E-state index < -0.39 is 0 Å². The van der Waals surface area contributed by atoms with Gasteiger partial charge < -0.3 is 15.7 Å². The van der Waals surface area contributed by atoms with Crippen LogP contribution in [-0.4, -0.2) is 36.6 Å². The summed E-state index contributed by atoms with van der Waals surface area (Å²) in [6.45, 7) is 3.78. The van der Waals surface area contributed by atoms with Crippen LogP contribution >= 0.6 is 0 Å². The van der Waals surface area contributed by atoms with Gasteiger partial charge in [-0.2, -0.15) is 0 Å². The highest BCUT2D eigenvalue weighted by Crippen LogP contribution is 2.10. The SMILES string of the molecule is CC(=O)NCCNC(=O)c1cc(C)ccc1C#CCO. The van der Waals surface area contributed by atoms with Crippen LogP contribution in [0.2, 0.25) is 0 Å². The maximum absolute atomic E-state index is 12.1. The minimum Gasteiger partial charge on any atom is -0.384 e. The van der Waals surface area contributed by atoms with Gasteiger partial charge in [0.1, 0.15) is 6.61 Å². The summed E-state index contributed by atoms with van der Waals surface area (Å²) in [6, 6.07) is 5.35. The number of hydrogen-bond acceptors (Lipinski definition) is 3. The molecule has 106 valence electrons. The first-order chi connectivity index (χ1) is 9.54. The zero-order valence-electron chi connectivity index (χ0n) is 11.6. The Balaban J connectivity index is 2.75. The summed E-state index contributed by atoms with van der Waals surface area (Å²) < 4.78 is 0. The second kappa shape index (κ2) is 7.97. The molecule has 0 aliphatic heterocycles. The molecule has 0 aliphatic rings. The molecule has 0 saturated heterocycles. The number of aryl methyl sites for hydroxylation is 1. The normalized spacial score (nSPS) is 9.35. The number of benzene rings is 1. The Morgan fingerprint density at radius 2 is 1.95 bits per heavy atom. The van der Waals surface area contributed by atoms with Crippen LogP contribution in [0.15, 0.2) is 18.2 Å². The van der Waals surface area contributed by atoms with Gasteiger partial charge in [-0.1, -0.05) is 23.5 Å². The fourth-order valence-corrected chi connectivity index (χ4v) is 1.60. The molecular weight excluding hydrogens is 256 g/mol. The van der Waals surface area contributed by atoms with Crippen molar-refractivity contribution in [1.29, 1.82) is 0 Å². The Kier molecular flexibility index (Phi) is 6.27. The van der Waals surface area contributed by atoms with Crippen molar-refractivity contribution < 1.29 is 14.7 Å². The summed E-state index contributed by atoms with van der Waals surface area (Å²) in [7, 11) is 0. The van der Waals surface area contributed by atoms with Crippen molar-refractivity contribution in [2.45, 2.75) is 13.8 Å². The molecule has 3 N–H and O–H groups in total. The summed E-state index contributed by atoms with van der Waals surface area (Å²) in [4.78, 5) is 22.8. The van der Waals surface area contributed by atoms with Gasteiger partial charge in [-0.15, -0.1) is 0 Å². The first-order valence-corrected chi connectivity index (χ1v) is 6.27. The first kappa shape index (κ1) is 15.7. The molecule has 0 aromatic heterocycles. The Labute approximate surface area is 118 Å². The van der Waals surface area contributed by atoms with Crippen molar-refractivity contribution in [3.8, 4) is 11.8 Å². The highest BCUT2D eigenvalue weighted by Gasteiger charge is 2.10. The lowest BCUT2D eigenvalue weighted by Crippen LogP contribution is -2.34. The van der Waals surface area contributed by atoms with Crippen molar-refractivity contribution in [1.82, 2.24) is 10.6 Å². The molecule has 1 rings (SSSR count). The van der Waals surface area contributed by atoms with E-state index in [2.05, 4.69) is 22.5 Å². The van der Waals surface area contributed by atoms with Gasteiger partial charge in [-0.25, -0.2) is 0 Å². The molecule has 2 amide bonds. The summed E-state index contributed by atoms with van der Waals surface area (Å²) >= 11 is 0. The monoisotopic (exact) mass is 274 g/mol. The molecule has 0 spiro atoms. The van der Waals surface area contributed by atoms with E-state index in [9.17, 15) is 9.59 Å². The van der Waals surface area contributed by atoms with Crippen LogP contribution in [-0.2, 0) is 4.79 Å². The maximum Gasteiger partial charge on any atom is 0.252 e. The van der Waals surface area contributed by atoms with Crippen LogP contribution in [0, 0.1) is 18.8 Å². The van der Waals surface area contributed by atoms with Crippen LogP contribution in [0.5, 0.6) is 0 Å². The van der Waals surface area contributed by atoms with Gasteiger partial charge in [0, 0.05) is 25.6 Å². The number of nitrogens with one attached hydrogen (secondary N) is 2. The predicted octanol–water partition coefficient (Wildman–Crippen LogP) is 0.205. The predicted molar refractivity (Wildman–Crippen MR) is 76.2 cm³/mol. The summed E-state index contributed by atoms with van der Waals surface area (Å²) in [5, 5.41) is 14.0. The van der Waals surface area contributed by atoms with Gasteiger partial charge in [-0.3, -0.25) is 9.59 Å². The van der Waals surface area contributed by atoms with E-state index in [0.29, 0.717) is 24.2 Å². The fraction of sp³-hybridized carbons (Fsp3) is 0.333. The zero-order valence-corrected chi connectivity index (χ0v) is 11.6. The van der Waals surface area contributed by atoms with Crippen molar-refractivity contribution in [2.24, 2.45) is 0 Å². The van der Waals surface area contributed by atoms with Crippen LogP contribution in [0.4, 0.5) is 0 Å². The molecule has 1 aromatic carbocycles. The minimum atomic E-state index is -0.253. The zero-order chi connectivity index (χ0) is 15.0. The van der Waals surface area contributed by atoms with Crippen LogP contribution in [0.3, 0.4) is 0 Å². The van der Waals surface area contributed by atoms with Crippen molar-refractivity contribution in [3.63, 3.8) is 0 Å². The number of hydrogen-bond donors (Lipinski definition) is 3. The van der Waals surface area contributed by atoms with E-state index in [1.54, 1.807) is 12.1 Å². The third kappa shape index (κ3) is 5.12. The maximum atomic E-state index is 12.1. The number of amides is 2. The number of aliphatic hydroxyl groups excluding tert-OH is 1. The Hall–Kier alpha value is -2.32. The van der Waals surface area contributed by atoms with Crippen LogP contribution < -0.4 is 10.6 Å². The van der Waals surface area contributed by atoms with E-state index in [0.717, 1.165) is 5.56 Å². The highest BCUT2D eigenvalue weighted by atomic mass is 16.2. The molecule has 20 heavy (non-hydrogen) atoms. The molecule has 0 aliphatic carbocycles. The Morgan fingerprint density at radius 3 is 2.60 bits per heavy atom. The number of carbonyl (C=O) groups is 2. The molecule has 1 aromatic rings. The van der Waals surface area contributed by atoms with E-state index in [4.69, 9.17) is 5.11 Å². The van der Waals surface area contributed by atoms with Gasteiger partial charge in [0.25, 0.3) is 5.91 Å². The molecule has 0 radical (unpaired) electrons. The van der Waals surface area contributed by atoms with Crippen molar-refractivity contribution in [2.75, 3.05) is 19.7 Å². The van der Waals surface area contributed by atoms with E-state index in [1.165, 1.54) is 6.92 Å². The molecule has 0 unspecified atom stereocenters. The third-order valence-electron chi connectivity index (χ3n) is 2.51. The van der Waals surface area contributed by atoms with Gasteiger partial charge in [-0.05, 0) is 19.1 Å². The smallest absolute Gasteiger partial charge is 0.252 e. The summed E-state index contributed by atoms with van der Waals surface area (Å²) in [5.41, 5.74) is 1.99. The molecule has 5 nitrogen and oxygen atoms in total. The second-order valence-electron chi connectivity index (χ2n) is 4.25. The lowest BCUT2D eigenvalue weighted by atomic mass is 10.0. The molecule has 5 heteroatoms. The first-order valence-electron chi connectivity index (χ1n) is 6.27. The molecular formula is C15H18N2O3. The Bertz CT molecular complexity index is 556. The van der Waals surface area contributed by atoms with Crippen molar-refractivity contribution >= 4 is 11.8 Å². The molecule has 0 saturated carbocycles. The molecule has 0 heterocycles. The third-order valence-corrected chi connectivity index (χ3v) is 2.51. The minimum absolute atomic E-state index is 0.135. The summed E-state index contributed by atoms with van der Waals surface area (Å²) in [5.74, 6) is 4.90. The number of aliphatic hydroxyl groups is 1. The van der Waals surface area contributed by atoms with E-state index >= 15 is 0 Å². The van der Waals surface area contributed by atoms with Crippen LogP contribution in [0.1, 0.15) is 28.4 Å². The largest absolute Gasteiger partial charge is 0.384 e. The average molecular weight is 274 g/mol. The van der Waals surface area contributed by atoms with Gasteiger partial charge in [0.05, 0.1) is 5.56 Å². The Morgan fingerprint density at radius 1 is 1.25 bits per heavy atom. The quantitative estimate of drug-likeness (QED) is 0.542. The van der Waals surface area contributed by atoms with Gasteiger partial charge in [0.2, 0.25) is 5.91 Å². The van der Waals surface area contributed by atoms with Gasteiger partial charge >= 0.3 is 0 Å². The topological polar surface area (TPSA) is 78.4 Å². The van der Waals surface area contributed by atoms with Crippen molar-refractivity contribution in [3.05, 3.63) is 34.9 Å². The highest BCUT2D eigenvalue weighted by molar-refractivity contribution is 5.97. The molecule has 0 atom stereocenters. The second-order valence-corrected chi connectivity index (χ2v) is 4.25. The van der Waals surface area contributed by atoms with E-state index in [-0.39, 0.29) is 18.4 Å². The standard InChI is InChI=1S/C15H18N2O3/c1-11-5-6-13(4-3-9-18)14(10-11)15(20)17-8-7-16-12(2)19/h5-6,10,18H,7-9H2,1-2H3,(H,16,19)(H,17,20). The fourth-order valence-electron chi connectivity index (χ4n) is 1.60.